The first kappa shape index (κ1) is 16.0. The van der Waals surface area contributed by atoms with E-state index in [1.54, 1.807) is 0 Å². The minimum atomic E-state index is -3.84. The molecule has 7 nitrogen and oxygen atoms in total. The molecular weight excluding hydrogens is 293 g/mol. The van der Waals surface area contributed by atoms with E-state index >= 15 is 0 Å². The summed E-state index contributed by atoms with van der Waals surface area (Å²) in [5.41, 5.74) is -0.643. The Labute approximate surface area is 114 Å². The molecule has 0 radical (unpaired) electrons. The van der Waals surface area contributed by atoms with Crippen LogP contribution in [0.4, 0.5) is 10.1 Å². The molecule has 9 heteroatoms. The molecule has 0 aliphatic carbocycles. The van der Waals surface area contributed by atoms with E-state index in [2.05, 4.69) is 0 Å². The van der Waals surface area contributed by atoms with Crippen LogP contribution in [-0.2, 0) is 20.4 Å². The Bertz CT molecular complexity index is 642. The van der Waals surface area contributed by atoms with Gasteiger partial charge in [0.1, 0.15) is 5.82 Å². The van der Waals surface area contributed by atoms with Crippen LogP contribution in [0.3, 0.4) is 0 Å². The molecule has 0 aromatic heterocycles. The Kier molecular flexibility index (Phi) is 4.77. The van der Waals surface area contributed by atoms with Crippen molar-refractivity contribution in [3.8, 4) is 0 Å². The fourth-order valence-electron chi connectivity index (χ4n) is 1.57. The van der Waals surface area contributed by atoms with E-state index in [0.717, 1.165) is 12.1 Å². The minimum Gasteiger partial charge on any atom is -0.481 e. The van der Waals surface area contributed by atoms with Crippen molar-refractivity contribution in [3.63, 3.8) is 0 Å². The lowest BCUT2D eigenvalue weighted by Gasteiger charge is -2.10. The number of nitro groups is 1. The number of hydrogen-bond acceptors (Lipinski definition) is 5. The zero-order chi connectivity index (χ0) is 15.5. The van der Waals surface area contributed by atoms with Crippen LogP contribution in [0.15, 0.2) is 18.2 Å². The van der Waals surface area contributed by atoms with Crippen molar-refractivity contribution in [1.82, 2.24) is 0 Å². The van der Waals surface area contributed by atoms with E-state index in [4.69, 9.17) is 5.11 Å². The van der Waals surface area contributed by atoms with Crippen LogP contribution in [0, 0.1) is 15.9 Å². The van der Waals surface area contributed by atoms with E-state index in [0.29, 0.717) is 6.07 Å². The first-order valence-electron chi connectivity index (χ1n) is 5.49. The second-order valence-electron chi connectivity index (χ2n) is 4.29. The molecular formula is C11H12FNO6S. The Balaban J connectivity index is 3.03. The summed E-state index contributed by atoms with van der Waals surface area (Å²) >= 11 is 0. The Morgan fingerprint density at radius 1 is 1.45 bits per heavy atom. The molecule has 0 spiro atoms. The third-order valence-corrected chi connectivity index (χ3v) is 4.72. The molecule has 0 saturated heterocycles. The maximum Gasteiger partial charge on any atom is 0.304 e. The lowest BCUT2D eigenvalue weighted by atomic mass is 10.2. The van der Waals surface area contributed by atoms with E-state index < -0.39 is 49.7 Å². The molecule has 0 aliphatic heterocycles. The Morgan fingerprint density at radius 3 is 2.55 bits per heavy atom. The number of non-ortho nitro benzene ring substituents is 1. The normalized spacial score (nSPS) is 12.9. The molecule has 1 rings (SSSR count). The van der Waals surface area contributed by atoms with Gasteiger partial charge in [-0.25, -0.2) is 12.8 Å². The zero-order valence-electron chi connectivity index (χ0n) is 10.4. The molecule has 0 saturated carbocycles. The molecule has 1 N–H and O–H groups in total. The molecule has 1 atom stereocenters. The molecule has 110 valence electrons. The van der Waals surface area contributed by atoms with Gasteiger partial charge in [0.15, 0.2) is 9.84 Å². The second-order valence-corrected chi connectivity index (χ2v) is 6.71. The number of hydrogen-bond donors (Lipinski definition) is 1. The second kappa shape index (κ2) is 5.95. The summed E-state index contributed by atoms with van der Waals surface area (Å²) in [6, 6.07) is 2.50. The van der Waals surface area contributed by atoms with Crippen molar-refractivity contribution < 1.29 is 27.6 Å². The molecule has 0 bridgehead atoms. The third kappa shape index (κ3) is 4.26. The van der Waals surface area contributed by atoms with Crippen molar-refractivity contribution in [2.45, 2.75) is 24.3 Å². The monoisotopic (exact) mass is 305 g/mol. The molecule has 0 aliphatic rings. The van der Waals surface area contributed by atoms with Gasteiger partial charge in [-0.05, 0) is 18.6 Å². The molecule has 0 heterocycles. The highest BCUT2D eigenvalue weighted by Crippen LogP contribution is 2.20. The summed E-state index contributed by atoms with van der Waals surface area (Å²) in [6.07, 6.45) is -0.584. The number of nitro benzene ring substituents is 1. The smallest absolute Gasteiger partial charge is 0.304 e. The van der Waals surface area contributed by atoms with Crippen molar-refractivity contribution in [2.75, 3.05) is 0 Å². The van der Waals surface area contributed by atoms with Gasteiger partial charge < -0.3 is 5.11 Å². The standard InChI is InChI=1S/C11H12FNO6S/c1-7(2-11(14)15)20(18,19)6-8-3-9(12)5-10(4-8)13(16)17/h3-5,7H,2,6H2,1H3,(H,14,15). The maximum absolute atomic E-state index is 13.2. The molecule has 1 aromatic rings. The highest BCUT2D eigenvalue weighted by molar-refractivity contribution is 7.91. The van der Waals surface area contributed by atoms with Crippen molar-refractivity contribution in [3.05, 3.63) is 39.7 Å². The van der Waals surface area contributed by atoms with E-state index in [-0.39, 0.29) is 5.56 Å². The number of carbonyl (C=O) groups is 1. The SMILES string of the molecule is CC(CC(=O)O)S(=O)(=O)Cc1cc(F)cc([N+](=O)[O-])c1. The number of aliphatic carboxylic acids is 1. The van der Waals surface area contributed by atoms with Gasteiger partial charge in [0.05, 0.1) is 28.4 Å². The number of sulfone groups is 1. The van der Waals surface area contributed by atoms with Crippen LogP contribution < -0.4 is 0 Å². The number of halogens is 1. The number of nitrogens with zero attached hydrogens (tertiary/aromatic N) is 1. The van der Waals surface area contributed by atoms with E-state index in [9.17, 15) is 27.7 Å². The Hall–Kier alpha value is -2.03. The average molecular weight is 305 g/mol. The molecule has 1 unspecified atom stereocenters. The van der Waals surface area contributed by atoms with Crippen LogP contribution in [0.2, 0.25) is 0 Å². The van der Waals surface area contributed by atoms with Crippen molar-refractivity contribution in [1.29, 1.82) is 0 Å². The number of benzene rings is 1. The van der Waals surface area contributed by atoms with Gasteiger partial charge in [-0.1, -0.05) is 0 Å². The van der Waals surface area contributed by atoms with Gasteiger partial charge >= 0.3 is 5.97 Å². The van der Waals surface area contributed by atoms with Gasteiger partial charge in [-0.3, -0.25) is 14.9 Å². The van der Waals surface area contributed by atoms with Gasteiger partial charge in [-0.15, -0.1) is 0 Å². The lowest BCUT2D eigenvalue weighted by molar-refractivity contribution is -0.385. The van der Waals surface area contributed by atoms with Crippen LogP contribution in [0.1, 0.15) is 18.9 Å². The summed E-state index contributed by atoms with van der Waals surface area (Å²) < 4.78 is 36.9. The number of rotatable bonds is 6. The molecule has 0 amide bonds. The summed E-state index contributed by atoms with van der Waals surface area (Å²) in [6.45, 7) is 1.22. The quantitative estimate of drug-likeness (QED) is 0.629. The number of carboxylic acid groups (broad SMARTS) is 1. The summed E-state index contributed by atoms with van der Waals surface area (Å²) in [5, 5.41) is 18.0. The van der Waals surface area contributed by atoms with Crippen molar-refractivity contribution >= 4 is 21.5 Å². The molecule has 1 aromatic carbocycles. The minimum absolute atomic E-state index is 0.0889. The van der Waals surface area contributed by atoms with Gasteiger partial charge in [-0.2, -0.15) is 0 Å². The van der Waals surface area contributed by atoms with Crippen LogP contribution in [0.5, 0.6) is 0 Å². The molecule has 0 fully saturated rings. The van der Waals surface area contributed by atoms with Crippen LogP contribution in [-0.4, -0.2) is 29.7 Å². The van der Waals surface area contributed by atoms with Crippen LogP contribution in [0.25, 0.3) is 0 Å². The fourth-order valence-corrected chi connectivity index (χ4v) is 2.88. The summed E-state index contributed by atoms with van der Waals surface area (Å²) in [5.74, 6) is -2.85. The zero-order valence-corrected chi connectivity index (χ0v) is 11.3. The predicted molar refractivity (Wildman–Crippen MR) is 67.4 cm³/mol. The summed E-state index contributed by atoms with van der Waals surface area (Å²) in [4.78, 5) is 20.2. The van der Waals surface area contributed by atoms with Crippen LogP contribution >= 0.6 is 0 Å². The Morgan fingerprint density at radius 2 is 2.05 bits per heavy atom. The maximum atomic E-state index is 13.2. The topological polar surface area (TPSA) is 115 Å². The molecule has 20 heavy (non-hydrogen) atoms. The van der Waals surface area contributed by atoms with Gasteiger partial charge in [0.2, 0.25) is 0 Å². The van der Waals surface area contributed by atoms with Gasteiger partial charge in [0, 0.05) is 6.07 Å². The van der Waals surface area contributed by atoms with E-state index in [1.807, 2.05) is 0 Å². The average Bonchev–Trinajstić information content (AvgIpc) is 2.26. The fraction of sp³-hybridized carbons (Fsp3) is 0.364. The first-order chi connectivity index (χ1) is 9.11. The predicted octanol–water partition coefficient (Wildman–Crippen LogP) is 1.51. The third-order valence-electron chi connectivity index (χ3n) is 2.60. The largest absolute Gasteiger partial charge is 0.481 e. The van der Waals surface area contributed by atoms with Gasteiger partial charge in [0.25, 0.3) is 5.69 Å². The summed E-state index contributed by atoms with van der Waals surface area (Å²) in [7, 11) is -3.84. The first-order valence-corrected chi connectivity index (χ1v) is 7.20. The van der Waals surface area contributed by atoms with Crippen molar-refractivity contribution in [2.24, 2.45) is 0 Å². The highest BCUT2D eigenvalue weighted by Gasteiger charge is 2.25. The highest BCUT2D eigenvalue weighted by atomic mass is 32.2. The number of carboxylic acids is 1. The van der Waals surface area contributed by atoms with E-state index in [1.165, 1.54) is 6.92 Å². The lowest BCUT2D eigenvalue weighted by Crippen LogP contribution is -2.22.